The number of anilines is 3. The Morgan fingerprint density at radius 3 is 2.49 bits per heavy atom. The molecule has 0 fully saturated rings. The van der Waals surface area contributed by atoms with Crippen LogP contribution in [0.4, 0.5) is 30.5 Å². The largest absolute Gasteiger partial charge is 0.484 e. The number of sulfonamides is 1. The van der Waals surface area contributed by atoms with Gasteiger partial charge in [0, 0.05) is 24.2 Å². The SMILES string of the molecule is COCC(C)(C)c1cc(Nc2n[nH]c(-c3ccc(NS(=O)(=O)C(F)F)c(O[C@@H](C)c4ccc(F)cc4)c3)c2C(N)=O)no1. The molecule has 0 saturated carbocycles. The molecule has 2 heterocycles. The van der Waals surface area contributed by atoms with E-state index in [1.807, 2.05) is 18.6 Å². The molecule has 0 bridgehead atoms. The molecule has 0 saturated heterocycles. The van der Waals surface area contributed by atoms with Gasteiger partial charge in [-0.2, -0.15) is 13.9 Å². The monoisotopic (exact) mass is 622 g/mol. The molecule has 230 valence electrons. The minimum absolute atomic E-state index is 0.0107. The highest BCUT2D eigenvalue weighted by Crippen LogP contribution is 2.37. The van der Waals surface area contributed by atoms with Gasteiger partial charge in [0.1, 0.15) is 29.0 Å². The Bertz CT molecular complexity index is 1710. The minimum atomic E-state index is -5.06. The topological polar surface area (TPSA) is 174 Å². The third-order valence-corrected chi connectivity index (χ3v) is 7.32. The summed E-state index contributed by atoms with van der Waals surface area (Å²) >= 11 is 0. The van der Waals surface area contributed by atoms with E-state index in [0.717, 1.165) is 0 Å². The molecule has 16 heteroatoms. The molecule has 0 aliphatic carbocycles. The molecule has 0 spiro atoms. The van der Waals surface area contributed by atoms with Crippen LogP contribution >= 0.6 is 0 Å². The Morgan fingerprint density at radius 2 is 1.86 bits per heavy atom. The summed E-state index contributed by atoms with van der Waals surface area (Å²) in [4.78, 5) is 12.5. The summed E-state index contributed by atoms with van der Waals surface area (Å²) in [6, 6.07) is 10.8. The third kappa shape index (κ3) is 7.09. The molecule has 0 unspecified atom stereocenters. The lowest BCUT2D eigenvalue weighted by molar-refractivity contribution is 0.100. The maximum Gasteiger partial charge on any atom is 0.355 e. The van der Waals surface area contributed by atoms with Crippen LogP contribution in [0.5, 0.6) is 5.75 Å². The number of rotatable bonds is 13. The van der Waals surface area contributed by atoms with Crippen LogP contribution in [0, 0.1) is 5.82 Å². The van der Waals surface area contributed by atoms with E-state index in [0.29, 0.717) is 17.9 Å². The average Bonchev–Trinajstić information content (AvgIpc) is 3.58. The number of halogens is 3. The number of primary amides is 1. The molecule has 2 aromatic carbocycles. The highest BCUT2D eigenvalue weighted by molar-refractivity contribution is 7.93. The number of hydrogen-bond donors (Lipinski definition) is 4. The first-order valence-corrected chi connectivity index (χ1v) is 14.2. The summed E-state index contributed by atoms with van der Waals surface area (Å²) in [6.07, 6.45) is -0.774. The molecule has 0 aliphatic rings. The number of benzene rings is 2. The summed E-state index contributed by atoms with van der Waals surface area (Å²) in [5.41, 5.74) is 5.67. The first-order valence-electron chi connectivity index (χ1n) is 12.7. The molecule has 0 aliphatic heterocycles. The summed E-state index contributed by atoms with van der Waals surface area (Å²) in [5.74, 6) is -4.49. The lowest BCUT2D eigenvalue weighted by Crippen LogP contribution is -2.22. The first-order chi connectivity index (χ1) is 20.2. The molecular weight excluding hydrogens is 593 g/mol. The van der Waals surface area contributed by atoms with Crippen LogP contribution < -0.4 is 20.5 Å². The fraction of sp³-hybridized carbons (Fsp3) is 0.296. The van der Waals surface area contributed by atoms with Gasteiger partial charge >= 0.3 is 5.76 Å². The van der Waals surface area contributed by atoms with Gasteiger partial charge in [-0.05, 0) is 36.8 Å². The van der Waals surface area contributed by atoms with Gasteiger partial charge in [-0.15, -0.1) is 0 Å². The quantitative estimate of drug-likeness (QED) is 0.159. The molecule has 12 nitrogen and oxygen atoms in total. The van der Waals surface area contributed by atoms with Crippen LogP contribution in [0.15, 0.2) is 53.1 Å². The number of aromatic nitrogens is 3. The number of nitrogens with one attached hydrogen (secondary N) is 3. The van der Waals surface area contributed by atoms with Crippen LogP contribution in [0.25, 0.3) is 11.3 Å². The normalized spacial score (nSPS) is 12.7. The molecule has 5 N–H and O–H groups in total. The van der Waals surface area contributed by atoms with Crippen molar-refractivity contribution in [2.75, 3.05) is 23.8 Å². The van der Waals surface area contributed by atoms with Crippen LogP contribution in [0.3, 0.4) is 0 Å². The van der Waals surface area contributed by atoms with E-state index in [1.54, 1.807) is 20.1 Å². The lowest BCUT2D eigenvalue weighted by Gasteiger charge is -2.19. The highest BCUT2D eigenvalue weighted by atomic mass is 32.2. The van der Waals surface area contributed by atoms with E-state index in [-0.39, 0.29) is 39.9 Å². The average molecular weight is 623 g/mol. The van der Waals surface area contributed by atoms with Gasteiger partial charge in [0.25, 0.3) is 15.9 Å². The molecule has 43 heavy (non-hydrogen) atoms. The second kappa shape index (κ2) is 12.3. The summed E-state index contributed by atoms with van der Waals surface area (Å²) < 4.78 is 82.0. The van der Waals surface area contributed by atoms with Crippen molar-refractivity contribution in [3.63, 3.8) is 0 Å². The van der Waals surface area contributed by atoms with Gasteiger partial charge in [0.15, 0.2) is 11.6 Å². The van der Waals surface area contributed by atoms with Gasteiger partial charge in [0.2, 0.25) is 0 Å². The standard InChI is InChI=1S/C27H29F3N6O6S/c1-14(15-5-8-17(28)9-6-15)41-19-11-16(7-10-18(19)36-43(38,39)26(29)30)23-22(24(31)37)25(34-33-23)32-21-12-20(42-35-21)27(2,3)13-40-4/h5-12,14,26,36H,13H2,1-4H3,(H2,31,37)(H2,32,33,34,35)/t14-/m0/s1. The maximum absolute atomic E-state index is 13.4. The number of nitrogens with zero attached hydrogens (tertiary/aromatic N) is 2. The van der Waals surface area contributed by atoms with Crippen LogP contribution in [-0.4, -0.2) is 49.2 Å². The summed E-state index contributed by atoms with van der Waals surface area (Å²) in [6.45, 7) is 5.74. The number of nitrogens with two attached hydrogens (primary N) is 1. The predicted molar refractivity (Wildman–Crippen MR) is 151 cm³/mol. The summed E-state index contributed by atoms with van der Waals surface area (Å²) in [5, 5.41) is 13.7. The van der Waals surface area contributed by atoms with Gasteiger partial charge in [-0.3, -0.25) is 14.6 Å². The number of aromatic amines is 1. The van der Waals surface area contributed by atoms with Crippen molar-refractivity contribution in [1.82, 2.24) is 15.4 Å². The number of H-pyrrole nitrogens is 1. The van der Waals surface area contributed by atoms with Crippen molar-refractivity contribution < 1.29 is 40.4 Å². The van der Waals surface area contributed by atoms with Crippen molar-refractivity contribution in [2.24, 2.45) is 5.73 Å². The van der Waals surface area contributed by atoms with Crippen molar-refractivity contribution in [3.8, 4) is 17.0 Å². The Morgan fingerprint density at radius 1 is 1.16 bits per heavy atom. The van der Waals surface area contributed by atoms with Crippen molar-refractivity contribution in [1.29, 1.82) is 0 Å². The smallest absolute Gasteiger partial charge is 0.355 e. The van der Waals surface area contributed by atoms with Crippen molar-refractivity contribution in [2.45, 2.75) is 38.0 Å². The Labute approximate surface area is 244 Å². The third-order valence-electron chi connectivity index (χ3n) is 6.34. The minimum Gasteiger partial charge on any atom is -0.484 e. The predicted octanol–water partition coefficient (Wildman–Crippen LogP) is 5.07. The molecule has 0 radical (unpaired) electrons. The van der Waals surface area contributed by atoms with Crippen LogP contribution in [0.2, 0.25) is 0 Å². The van der Waals surface area contributed by atoms with E-state index < -0.39 is 39.0 Å². The number of amides is 1. The molecule has 4 rings (SSSR count). The lowest BCUT2D eigenvalue weighted by atomic mass is 9.91. The fourth-order valence-electron chi connectivity index (χ4n) is 4.14. The zero-order chi connectivity index (χ0) is 31.5. The van der Waals surface area contributed by atoms with E-state index in [9.17, 15) is 26.4 Å². The second-order valence-corrected chi connectivity index (χ2v) is 11.8. The number of carbonyl (C=O) groups excluding carboxylic acids is 1. The number of alkyl halides is 2. The Kier molecular flexibility index (Phi) is 9.01. The zero-order valence-electron chi connectivity index (χ0n) is 23.4. The molecular formula is C27H29F3N6O6S. The Hall–Kier alpha value is -4.57. The van der Waals surface area contributed by atoms with E-state index in [1.165, 1.54) is 42.5 Å². The van der Waals surface area contributed by atoms with E-state index in [2.05, 4.69) is 20.7 Å². The fourth-order valence-corrected chi connectivity index (χ4v) is 4.70. The molecule has 1 amide bonds. The van der Waals surface area contributed by atoms with Crippen LogP contribution in [-0.2, 0) is 20.2 Å². The Balaban J connectivity index is 1.72. The van der Waals surface area contributed by atoms with E-state index in [4.69, 9.17) is 19.7 Å². The van der Waals surface area contributed by atoms with Gasteiger partial charge in [0.05, 0.1) is 18.0 Å². The van der Waals surface area contributed by atoms with Gasteiger partial charge < -0.3 is 25.0 Å². The summed E-state index contributed by atoms with van der Waals surface area (Å²) in [7, 11) is -3.51. The molecule has 2 aromatic heterocycles. The number of ether oxygens (including phenoxy) is 2. The van der Waals surface area contributed by atoms with Crippen molar-refractivity contribution in [3.05, 3.63) is 71.2 Å². The van der Waals surface area contributed by atoms with Crippen LogP contribution in [0.1, 0.15) is 48.6 Å². The maximum atomic E-state index is 13.4. The van der Waals surface area contributed by atoms with Gasteiger partial charge in [-0.25, -0.2) is 12.8 Å². The van der Waals surface area contributed by atoms with Crippen molar-refractivity contribution >= 4 is 33.3 Å². The number of carbonyl (C=O) groups is 1. The highest BCUT2D eigenvalue weighted by Gasteiger charge is 2.29. The zero-order valence-corrected chi connectivity index (χ0v) is 24.3. The molecule has 1 atom stereocenters. The molecule has 4 aromatic rings. The first kappa shape index (κ1) is 31.4. The van der Waals surface area contributed by atoms with Gasteiger partial charge in [-0.1, -0.05) is 37.2 Å². The van der Waals surface area contributed by atoms with E-state index >= 15 is 0 Å². The number of hydrogen-bond acceptors (Lipinski definition) is 9. The number of methoxy groups -OCH3 is 1. The second-order valence-electron chi connectivity index (χ2n) is 10.1.